The Labute approximate surface area is 60.2 Å². The summed E-state index contributed by atoms with van der Waals surface area (Å²) in [7, 11) is 1.99. The van der Waals surface area contributed by atoms with Gasteiger partial charge in [-0.25, -0.2) is 0 Å². The van der Waals surface area contributed by atoms with Crippen molar-refractivity contribution in [3.8, 4) is 0 Å². The van der Waals surface area contributed by atoms with E-state index in [1.807, 2.05) is 7.05 Å². The number of piperidine rings is 1. The molecule has 1 saturated heterocycles. The van der Waals surface area contributed by atoms with Gasteiger partial charge in [0.25, 0.3) is 0 Å². The van der Waals surface area contributed by atoms with Crippen LogP contribution < -0.4 is 5.73 Å². The first-order chi connectivity index (χ1) is 4.70. The zero-order chi connectivity index (χ0) is 7.30. The van der Waals surface area contributed by atoms with E-state index in [2.05, 4.69) is 4.90 Å². The molecule has 0 aromatic carbocycles. The van der Waals surface area contributed by atoms with Gasteiger partial charge in [0.05, 0.1) is 6.04 Å². The molecule has 1 heterocycles. The maximum atomic E-state index is 10.8. The molecule has 56 valence electrons. The highest BCUT2D eigenvalue weighted by Gasteiger charge is 2.51. The van der Waals surface area contributed by atoms with Crippen LogP contribution >= 0.6 is 0 Å². The Hall–Kier alpha value is -0.570. The van der Waals surface area contributed by atoms with E-state index < -0.39 is 0 Å². The molecule has 0 spiro atoms. The Bertz CT molecular complexity index is 180. The minimum absolute atomic E-state index is 0.0312. The Morgan fingerprint density at radius 2 is 2.30 bits per heavy atom. The van der Waals surface area contributed by atoms with Crippen molar-refractivity contribution in [1.82, 2.24) is 4.90 Å². The molecule has 0 aromatic heterocycles. The number of rotatable bonds is 1. The van der Waals surface area contributed by atoms with Gasteiger partial charge in [-0.3, -0.25) is 9.69 Å². The second-order valence-electron chi connectivity index (χ2n) is 3.38. The fraction of sp³-hybridized carbons (Fsp3) is 0.857. The molecule has 2 fully saturated rings. The molecule has 0 radical (unpaired) electrons. The lowest BCUT2D eigenvalue weighted by Gasteiger charge is -2.18. The van der Waals surface area contributed by atoms with Crippen LogP contribution in [-0.4, -0.2) is 29.9 Å². The number of likely N-dealkylation sites (N-methyl/N-ethyl adjacent to an activating group) is 1. The van der Waals surface area contributed by atoms with E-state index in [1.54, 1.807) is 0 Å². The van der Waals surface area contributed by atoms with Crippen LogP contribution in [0.5, 0.6) is 0 Å². The SMILES string of the molecule is CN1[C@H](C(N)=O)C[C@@H]2C[C@@H]21. The van der Waals surface area contributed by atoms with Gasteiger partial charge in [-0.1, -0.05) is 0 Å². The third-order valence-electron chi connectivity index (χ3n) is 2.75. The van der Waals surface area contributed by atoms with Gasteiger partial charge in [0, 0.05) is 6.04 Å². The molecule has 1 aliphatic heterocycles. The summed E-state index contributed by atoms with van der Waals surface area (Å²) in [5, 5.41) is 0. The summed E-state index contributed by atoms with van der Waals surface area (Å²) in [6.07, 6.45) is 2.27. The smallest absolute Gasteiger partial charge is 0.234 e. The molecule has 0 bridgehead atoms. The van der Waals surface area contributed by atoms with Crippen LogP contribution in [0, 0.1) is 5.92 Å². The predicted octanol–water partition coefficient (Wildman–Crippen LogP) is -0.436. The Balaban J connectivity index is 2.07. The minimum Gasteiger partial charge on any atom is -0.368 e. The first-order valence-corrected chi connectivity index (χ1v) is 3.71. The molecule has 0 unspecified atom stereocenters. The molecule has 1 aliphatic carbocycles. The van der Waals surface area contributed by atoms with Crippen LogP contribution in [0.1, 0.15) is 12.8 Å². The molecule has 0 aromatic rings. The topological polar surface area (TPSA) is 46.3 Å². The highest BCUT2D eigenvalue weighted by Crippen LogP contribution is 2.46. The number of primary amides is 1. The first-order valence-electron chi connectivity index (χ1n) is 3.71. The van der Waals surface area contributed by atoms with Crippen molar-refractivity contribution in [1.29, 1.82) is 0 Å². The summed E-state index contributed by atoms with van der Waals surface area (Å²) >= 11 is 0. The lowest BCUT2D eigenvalue weighted by Crippen LogP contribution is -2.40. The van der Waals surface area contributed by atoms with E-state index in [0.29, 0.717) is 6.04 Å². The van der Waals surface area contributed by atoms with Crippen LogP contribution in [0.15, 0.2) is 0 Å². The molecule has 2 N–H and O–H groups in total. The fourth-order valence-electron chi connectivity index (χ4n) is 1.98. The highest BCUT2D eigenvalue weighted by molar-refractivity contribution is 5.80. The summed E-state index contributed by atoms with van der Waals surface area (Å²) in [6.45, 7) is 0. The summed E-state index contributed by atoms with van der Waals surface area (Å²) < 4.78 is 0. The third kappa shape index (κ3) is 0.669. The first kappa shape index (κ1) is 6.16. The monoisotopic (exact) mass is 140 g/mol. The molecule has 10 heavy (non-hydrogen) atoms. The Morgan fingerprint density at radius 1 is 1.60 bits per heavy atom. The zero-order valence-corrected chi connectivity index (χ0v) is 6.08. The lowest BCUT2D eigenvalue weighted by atomic mass is 10.1. The molecule has 1 amide bonds. The number of nitrogens with zero attached hydrogens (tertiary/aromatic N) is 1. The Kier molecular flexibility index (Phi) is 1.06. The average Bonchev–Trinajstić information content (AvgIpc) is 2.54. The average molecular weight is 140 g/mol. The van der Waals surface area contributed by atoms with E-state index in [1.165, 1.54) is 6.42 Å². The molecule has 2 aliphatic rings. The van der Waals surface area contributed by atoms with Crippen LogP contribution in [0.4, 0.5) is 0 Å². The summed E-state index contributed by atoms with van der Waals surface area (Å²) in [4.78, 5) is 12.9. The van der Waals surface area contributed by atoms with E-state index in [-0.39, 0.29) is 11.9 Å². The van der Waals surface area contributed by atoms with Gasteiger partial charge >= 0.3 is 0 Å². The van der Waals surface area contributed by atoms with Gasteiger partial charge in [0.15, 0.2) is 0 Å². The largest absolute Gasteiger partial charge is 0.368 e. The quantitative estimate of drug-likeness (QED) is 0.537. The van der Waals surface area contributed by atoms with Crippen molar-refractivity contribution in [2.45, 2.75) is 24.9 Å². The highest BCUT2D eigenvalue weighted by atomic mass is 16.1. The summed E-state index contributed by atoms with van der Waals surface area (Å²) in [5.41, 5.74) is 5.19. The molecule has 3 atom stereocenters. The van der Waals surface area contributed by atoms with E-state index in [0.717, 1.165) is 12.3 Å². The number of carbonyl (C=O) groups is 1. The number of hydrogen-bond donors (Lipinski definition) is 1. The van der Waals surface area contributed by atoms with Gasteiger partial charge < -0.3 is 5.73 Å². The predicted molar refractivity (Wildman–Crippen MR) is 37.3 cm³/mol. The maximum Gasteiger partial charge on any atom is 0.234 e. The molecular formula is C7H12N2O. The molecular weight excluding hydrogens is 128 g/mol. The number of likely N-dealkylation sites (tertiary alicyclic amines) is 1. The lowest BCUT2D eigenvalue weighted by molar-refractivity contribution is -0.122. The van der Waals surface area contributed by atoms with Crippen LogP contribution in [-0.2, 0) is 4.79 Å². The van der Waals surface area contributed by atoms with Crippen molar-refractivity contribution in [3.05, 3.63) is 0 Å². The van der Waals surface area contributed by atoms with Crippen molar-refractivity contribution < 1.29 is 4.79 Å². The summed E-state index contributed by atoms with van der Waals surface area (Å²) in [5.74, 6) is 0.622. The van der Waals surface area contributed by atoms with E-state index >= 15 is 0 Å². The van der Waals surface area contributed by atoms with Crippen molar-refractivity contribution >= 4 is 5.91 Å². The standard InChI is InChI=1S/C7H12N2O/c1-9-5-2-4(5)3-6(9)7(8)10/h4-6H,2-3H2,1H3,(H2,8,10)/t4-,5-,6-/m0/s1. The van der Waals surface area contributed by atoms with Crippen LogP contribution in [0.3, 0.4) is 0 Å². The zero-order valence-electron chi connectivity index (χ0n) is 6.08. The molecule has 3 nitrogen and oxygen atoms in total. The van der Waals surface area contributed by atoms with Crippen molar-refractivity contribution in [2.24, 2.45) is 11.7 Å². The van der Waals surface area contributed by atoms with Gasteiger partial charge in [-0.2, -0.15) is 0 Å². The van der Waals surface area contributed by atoms with Gasteiger partial charge in [0.2, 0.25) is 5.91 Å². The van der Waals surface area contributed by atoms with E-state index in [9.17, 15) is 4.79 Å². The van der Waals surface area contributed by atoms with Gasteiger partial charge in [-0.05, 0) is 25.8 Å². The second kappa shape index (κ2) is 1.72. The van der Waals surface area contributed by atoms with Crippen LogP contribution in [0.25, 0.3) is 0 Å². The number of nitrogens with two attached hydrogens (primary N) is 1. The van der Waals surface area contributed by atoms with Gasteiger partial charge in [0.1, 0.15) is 0 Å². The normalized spacial score (nSPS) is 45.1. The van der Waals surface area contributed by atoms with Crippen molar-refractivity contribution in [2.75, 3.05) is 7.05 Å². The number of carbonyl (C=O) groups excluding carboxylic acids is 1. The Morgan fingerprint density at radius 3 is 2.60 bits per heavy atom. The maximum absolute atomic E-state index is 10.8. The summed E-state index contributed by atoms with van der Waals surface area (Å²) in [6, 6.07) is 0.709. The number of amides is 1. The van der Waals surface area contributed by atoms with Crippen LogP contribution in [0.2, 0.25) is 0 Å². The van der Waals surface area contributed by atoms with Gasteiger partial charge in [-0.15, -0.1) is 0 Å². The van der Waals surface area contributed by atoms with E-state index in [4.69, 9.17) is 5.73 Å². The molecule has 3 heteroatoms. The number of hydrogen-bond acceptors (Lipinski definition) is 2. The third-order valence-corrected chi connectivity index (χ3v) is 2.75. The fourth-order valence-corrected chi connectivity index (χ4v) is 1.98. The molecule has 1 saturated carbocycles. The number of fused-ring (bicyclic) bond motifs is 1. The second-order valence-corrected chi connectivity index (χ2v) is 3.38. The minimum atomic E-state index is -0.158. The molecule has 2 rings (SSSR count). The van der Waals surface area contributed by atoms with Crippen molar-refractivity contribution in [3.63, 3.8) is 0 Å².